The van der Waals surface area contributed by atoms with Crippen molar-refractivity contribution in [2.24, 2.45) is 0 Å². The normalized spacial score (nSPS) is 19.2. The van der Waals surface area contributed by atoms with Crippen molar-refractivity contribution in [3.05, 3.63) is 120 Å². The molecule has 2 aliphatic rings. The second kappa shape index (κ2) is 8.90. The number of carbonyl (C=O) groups is 2. The molecule has 0 radical (unpaired) electrons. The Labute approximate surface area is 199 Å². The van der Waals surface area contributed by atoms with E-state index in [1.54, 1.807) is 23.6 Å². The summed E-state index contributed by atoms with van der Waals surface area (Å²) in [4.78, 5) is 28.5. The van der Waals surface area contributed by atoms with E-state index < -0.39 is 0 Å². The lowest BCUT2D eigenvalue weighted by Gasteiger charge is -2.27. The smallest absolute Gasteiger partial charge is 0.225 e. The molecule has 0 aliphatic carbocycles. The first-order chi connectivity index (χ1) is 16.5. The minimum Gasteiger partial charge on any atom is -0.365 e. The van der Waals surface area contributed by atoms with E-state index in [1.165, 1.54) is 0 Å². The second-order valence-electron chi connectivity index (χ2n) is 8.41. The maximum absolute atomic E-state index is 12.6. The summed E-state index contributed by atoms with van der Waals surface area (Å²) in [6.45, 7) is 3.15. The van der Waals surface area contributed by atoms with Gasteiger partial charge in [0.2, 0.25) is 11.8 Å². The average Bonchev–Trinajstić information content (AvgIpc) is 3.51. The van der Waals surface area contributed by atoms with E-state index in [1.807, 2.05) is 97.3 Å². The molecule has 2 N–H and O–H groups in total. The molecule has 34 heavy (non-hydrogen) atoms. The van der Waals surface area contributed by atoms with E-state index >= 15 is 0 Å². The highest BCUT2D eigenvalue weighted by Crippen LogP contribution is 2.35. The first-order valence-electron chi connectivity index (χ1n) is 11.3. The Hall–Kier alpha value is -4.32. The third-order valence-electron chi connectivity index (χ3n) is 6.14. The van der Waals surface area contributed by atoms with Crippen LogP contribution in [-0.4, -0.2) is 21.6 Å². The molecule has 170 valence electrons. The van der Waals surface area contributed by atoms with Crippen molar-refractivity contribution >= 4 is 23.2 Å². The lowest BCUT2D eigenvalue weighted by molar-refractivity contribution is -0.128. The Balaban J connectivity index is 1.45. The Morgan fingerprint density at radius 3 is 1.97 bits per heavy atom. The van der Waals surface area contributed by atoms with E-state index in [9.17, 15) is 9.59 Å². The fourth-order valence-electron chi connectivity index (χ4n) is 4.52. The van der Waals surface area contributed by atoms with Crippen LogP contribution in [0.3, 0.4) is 0 Å². The first-order valence-corrected chi connectivity index (χ1v) is 11.3. The lowest BCUT2D eigenvalue weighted by Crippen LogP contribution is -2.32. The van der Waals surface area contributed by atoms with E-state index in [-0.39, 0.29) is 24.1 Å². The van der Waals surface area contributed by atoms with Gasteiger partial charge >= 0.3 is 0 Å². The van der Waals surface area contributed by atoms with Gasteiger partial charge in [-0.2, -0.15) is 0 Å². The molecule has 0 bridgehead atoms. The Bertz CT molecular complexity index is 1280. The van der Waals surface area contributed by atoms with Gasteiger partial charge in [0.1, 0.15) is 12.3 Å². The van der Waals surface area contributed by atoms with Crippen LogP contribution in [0.5, 0.6) is 0 Å². The molecule has 3 aromatic carbocycles. The third-order valence-corrected chi connectivity index (χ3v) is 6.14. The van der Waals surface area contributed by atoms with Crippen LogP contribution in [0, 0.1) is 0 Å². The quantitative estimate of drug-likeness (QED) is 0.611. The van der Waals surface area contributed by atoms with E-state index in [0.29, 0.717) is 0 Å². The van der Waals surface area contributed by atoms with Crippen LogP contribution in [0.4, 0.5) is 0 Å². The minimum absolute atomic E-state index is 0.0383. The van der Waals surface area contributed by atoms with Crippen LogP contribution in [0.25, 0.3) is 11.4 Å². The minimum atomic E-state index is -0.263. The zero-order valence-electron chi connectivity index (χ0n) is 19.1. The molecule has 6 nitrogen and oxygen atoms in total. The molecule has 0 fully saturated rings. The van der Waals surface area contributed by atoms with Crippen LogP contribution in [0.1, 0.15) is 48.4 Å². The first kappa shape index (κ1) is 21.5. The molecular formula is C28H26N4O2. The highest BCUT2D eigenvalue weighted by Gasteiger charge is 2.32. The van der Waals surface area contributed by atoms with Crippen molar-refractivity contribution in [2.75, 3.05) is 0 Å². The summed E-state index contributed by atoms with van der Waals surface area (Å²) < 4.78 is 0. The van der Waals surface area contributed by atoms with Crippen molar-refractivity contribution in [3.8, 4) is 0 Å². The van der Waals surface area contributed by atoms with Crippen molar-refractivity contribution < 1.29 is 9.59 Å². The molecule has 5 rings (SSSR count). The summed E-state index contributed by atoms with van der Waals surface area (Å²) in [5.41, 5.74) is 5.55. The van der Waals surface area contributed by atoms with Gasteiger partial charge in [-0.05, 0) is 22.8 Å². The summed E-state index contributed by atoms with van der Waals surface area (Å²) >= 11 is 0. The molecule has 0 spiro atoms. The highest BCUT2D eigenvalue weighted by molar-refractivity contribution is 5.88. The fourth-order valence-corrected chi connectivity index (χ4v) is 4.52. The summed E-state index contributed by atoms with van der Waals surface area (Å²) in [7, 11) is 0. The van der Waals surface area contributed by atoms with Crippen molar-refractivity contribution in [1.82, 2.24) is 20.4 Å². The van der Waals surface area contributed by atoms with Gasteiger partial charge in [0, 0.05) is 31.8 Å². The molecule has 6 heteroatoms. The SMILES string of the molecule is CC(=O)N1C=C(c2cccc(C3=CNC(c4ccccc4)N3C(C)=O)c2)NC1c1ccccc1. The molecule has 0 saturated carbocycles. The van der Waals surface area contributed by atoms with Crippen LogP contribution in [-0.2, 0) is 9.59 Å². The Morgan fingerprint density at radius 1 is 0.735 bits per heavy atom. The van der Waals surface area contributed by atoms with Crippen molar-refractivity contribution in [1.29, 1.82) is 0 Å². The van der Waals surface area contributed by atoms with Crippen LogP contribution in [0.15, 0.2) is 97.3 Å². The van der Waals surface area contributed by atoms with Gasteiger partial charge < -0.3 is 10.6 Å². The van der Waals surface area contributed by atoms with E-state index in [2.05, 4.69) is 10.6 Å². The van der Waals surface area contributed by atoms with Crippen molar-refractivity contribution in [3.63, 3.8) is 0 Å². The van der Waals surface area contributed by atoms with E-state index in [0.717, 1.165) is 33.6 Å². The molecule has 2 aliphatic heterocycles. The Kier molecular flexibility index (Phi) is 5.64. The molecule has 2 unspecified atom stereocenters. The molecule has 3 aromatic rings. The van der Waals surface area contributed by atoms with Gasteiger partial charge in [0.25, 0.3) is 0 Å². The maximum Gasteiger partial charge on any atom is 0.225 e. The van der Waals surface area contributed by atoms with Crippen molar-refractivity contribution in [2.45, 2.75) is 26.2 Å². The number of rotatable bonds is 4. The third kappa shape index (κ3) is 3.94. The van der Waals surface area contributed by atoms with Crippen LogP contribution >= 0.6 is 0 Å². The second-order valence-corrected chi connectivity index (χ2v) is 8.41. The summed E-state index contributed by atoms with van der Waals surface area (Å²) in [5, 5.41) is 6.84. The summed E-state index contributed by atoms with van der Waals surface area (Å²) in [6, 6.07) is 27.8. The Morgan fingerprint density at radius 2 is 1.35 bits per heavy atom. The molecule has 2 amide bonds. The monoisotopic (exact) mass is 450 g/mol. The van der Waals surface area contributed by atoms with Crippen LogP contribution < -0.4 is 10.6 Å². The number of benzene rings is 3. The zero-order valence-corrected chi connectivity index (χ0v) is 19.1. The predicted octanol–water partition coefficient (Wildman–Crippen LogP) is 4.58. The summed E-state index contributed by atoms with van der Waals surface area (Å²) in [5.74, 6) is -0.0794. The maximum atomic E-state index is 12.6. The highest BCUT2D eigenvalue weighted by atomic mass is 16.2. The zero-order chi connectivity index (χ0) is 23.7. The number of carbonyl (C=O) groups excluding carboxylic acids is 2. The topological polar surface area (TPSA) is 64.7 Å². The number of amides is 2. The van der Waals surface area contributed by atoms with Gasteiger partial charge in [-0.3, -0.25) is 19.4 Å². The molecule has 0 saturated heterocycles. The number of hydrogen-bond acceptors (Lipinski definition) is 4. The fraction of sp³-hybridized carbons (Fsp3) is 0.143. The largest absolute Gasteiger partial charge is 0.365 e. The molecule has 0 aromatic heterocycles. The number of hydrogen-bond donors (Lipinski definition) is 2. The molecule has 2 atom stereocenters. The van der Waals surface area contributed by atoms with Gasteiger partial charge in [0.05, 0.1) is 11.4 Å². The standard InChI is InChI=1S/C28H26N4O2/c1-19(33)31-18-25(30-28(31)22-12-7-4-8-13-22)23-14-9-15-24(16-23)26-17-29-27(32(26)20(2)34)21-10-5-3-6-11-21/h3-18,27-30H,1-2H3. The lowest BCUT2D eigenvalue weighted by atomic mass is 10.0. The van der Waals surface area contributed by atoms with E-state index in [4.69, 9.17) is 0 Å². The van der Waals surface area contributed by atoms with Crippen LogP contribution in [0.2, 0.25) is 0 Å². The molecule has 2 heterocycles. The number of nitrogens with zero attached hydrogens (tertiary/aromatic N) is 2. The number of nitrogens with one attached hydrogen (secondary N) is 2. The average molecular weight is 451 g/mol. The predicted molar refractivity (Wildman–Crippen MR) is 132 cm³/mol. The molecular weight excluding hydrogens is 424 g/mol. The van der Waals surface area contributed by atoms with Gasteiger partial charge in [-0.15, -0.1) is 0 Å². The van der Waals surface area contributed by atoms with Gasteiger partial charge in [-0.1, -0.05) is 78.9 Å². The summed E-state index contributed by atoms with van der Waals surface area (Å²) in [6.07, 6.45) is 3.23. The van der Waals surface area contributed by atoms with Gasteiger partial charge in [0.15, 0.2) is 0 Å². The van der Waals surface area contributed by atoms with Gasteiger partial charge in [-0.25, -0.2) is 0 Å².